The molecule has 0 saturated carbocycles. The highest BCUT2D eigenvalue weighted by atomic mass is 16.6. The van der Waals surface area contributed by atoms with Gasteiger partial charge in [0.2, 0.25) is 0 Å². The molecule has 6 heteroatoms. The van der Waals surface area contributed by atoms with Crippen LogP contribution in [0.4, 0.5) is 10.5 Å². The number of rotatable bonds is 5. The van der Waals surface area contributed by atoms with Gasteiger partial charge in [0.05, 0.1) is 6.10 Å². The summed E-state index contributed by atoms with van der Waals surface area (Å²) in [6.45, 7) is 5.52. The lowest BCUT2D eigenvalue weighted by atomic mass is 9.95. The molecule has 2 rings (SSSR count). The second kappa shape index (κ2) is 7.72. The number of aliphatic hydroxyl groups is 2. The van der Waals surface area contributed by atoms with Gasteiger partial charge in [-0.05, 0) is 44.2 Å². The Kier molecular flexibility index (Phi) is 5.87. The third kappa shape index (κ3) is 5.08. The van der Waals surface area contributed by atoms with E-state index in [2.05, 4.69) is 5.32 Å². The summed E-state index contributed by atoms with van der Waals surface area (Å²) in [5, 5.41) is 25.0. The van der Waals surface area contributed by atoms with E-state index >= 15 is 0 Å². The molecule has 2 aromatic rings. The minimum atomic E-state index is -1.08. The van der Waals surface area contributed by atoms with Crippen LogP contribution in [0.1, 0.15) is 38.9 Å². The SMILES string of the molecule is CC(C)(C)OC(=O)NCCC(O)C(O)c1cccc2c(N)cccc12. The fourth-order valence-electron chi connectivity index (χ4n) is 2.62. The number of nitrogens with two attached hydrogens (primary N) is 1. The van der Waals surface area contributed by atoms with Crippen LogP contribution in [0.2, 0.25) is 0 Å². The van der Waals surface area contributed by atoms with Crippen molar-refractivity contribution in [1.82, 2.24) is 5.32 Å². The van der Waals surface area contributed by atoms with Crippen molar-refractivity contribution in [2.24, 2.45) is 0 Å². The number of carbonyl (C=O) groups excluding carboxylic acids is 1. The van der Waals surface area contributed by atoms with Gasteiger partial charge in [-0.25, -0.2) is 4.79 Å². The van der Waals surface area contributed by atoms with Gasteiger partial charge in [-0.3, -0.25) is 0 Å². The average Bonchev–Trinajstić information content (AvgIpc) is 2.52. The Hall–Kier alpha value is -2.31. The first-order chi connectivity index (χ1) is 11.7. The van der Waals surface area contributed by atoms with Gasteiger partial charge >= 0.3 is 6.09 Å². The van der Waals surface area contributed by atoms with Crippen LogP contribution in [0, 0.1) is 0 Å². The summed E-state index contributed by atoms with van der Waals surface area (Å²) in [5.74, 6) is 0. The quantitative estimate of drug-likeness (QED) is 0.623. The molecule has 0 aromatic heterocycles. The highest BCUT2D eigenvalue weighted by Crippen LogP contribution is 2.30. The van der Waals surface area contributed by atoms with Crippen LogP contribution in [0.5, 0.6) is 0 Å². The maximum absolute atomic E-state index is 11.6. The van der Waals surface area contributed by atoms with Crippen LogP contribution in [0.15, 0.2) is 36.4 Å². The minimum Gasteiger partial charge on any atom is -0.444 e. The zero-order valence-electron chi connectivity index (χ0n) is 14.8. The van der Waals surface area contributed by atoms with E-state index in [1.165, 1.54) is 0 Å². The zero-order valence-corrected chi connectivity index (χ0v) is 14.8. The summed E-state index contributed by atoms with van der Waals surface area (Å²) in [5.41, 5.74) is 6.61. The molecule has 0 bridgehead atoms. The lowest BCUT2D eigenvalue weighted by Gasteiger charge is -2.22. The molecule has 6 nitrogen and oxygen atoms in total. The molecular formula is C19H26N2O4. The van der Waals surface area contributed by atoms with Crippen LogP contribution in [-0.4, -0.2) is 34.6 Å². The maximum atomic E-state index is 11.6. The van der Waals surface area contributed by atoms with Crippen molar-refractivity contribution >= 4 is 22.6 Å². The summed E-state index contributed by atoms with van der Waals surface area (Å²) < 4.78 is 5.13. The second-order valence-electron chi connectivity index (χ2n) is 7.02. The van der Waals surface area contributed by atoms with Crippen LogP contribution in [0.25, 0.3) is 10.8 Å². The lowest BCUT2D eigenvalue weighted by molar-refractivity contribution is 0.0131. The number of nitrogen functional groups attached to an aromatic ring is 1. The number of benzene rings is 2. The number of fused-ring (bicyclic) bond motifs is 1. The third-order valence-electron chi connectivity index (χ3n) is 3.78. The molecule has 2 unspecified atom stereocenters. The first-order valence-corrected chi connectivity index (χ1v) is 8.29. The number of hydrogen-bond donors (Lipinski definition) is 4. The second-order valence-corrected chi connectivity index (χ2v) is 7.02. The van der Waals surface area contributed by atoms with E-state index in [-0.39, 0.29) is 13.0 Å². The van der Waals surface area contributed by atoms with Crippen LogP contribution in [-0.2, 0) is 4.74 Å². The Bertz CT molecular complexity index is 740. The maximum Gasteiger partial charge on any atom is 0.407 e. The summed E-state index contributed by atoms with van der Waals surface area (Å²) in [4.78, 5) is 11.6. The van der Waals surface area contributed by atoms with Gasteiger partial charge in [-0.15, -0.1) is 0 Å². The van der Waals surface area contributed by atoms with Crippen LogP contribution < -0.4 is 11.1 Å². The Morgan fingerprint density at radius 2 is 1.80 bits per heavy atom. The minimum absolute atomic E-state index is 0.194. The van der Waals surface area contributed by atoms with E-state index in [9.17, 15) is 15.0 Å². The van der Waals surface area contributed by atoms with Crippen molar-refractivity contribution in [3.8, 4) is 0 Å². The highest BCUT2D eigenvalue weighted by molar-refractivity contribution is 5.95. The smallest absolute Gasteiger partial charge is 0.407 e. The Labute approximate surface area is 147 Å². The number of nitrogens with one attached hydrogen (secondary N) is 1. The predicted octanol–water partition coefficient (Wildman–Crippen LogP) is 2.73. The normalized spacial score (nSPS) is 14.1. The van der Waals surface area contributed by atoms with Gasteiger partial charge in [-0.2, -0.15) is 0 Å². The van der Waals surface area contributed by atoms with Crippen molar-refractivity contribution in [3.05, 3.63) is 42.0 Å². The molecular weight excluding hydrogens is 320 g/mol. The van der Waals surface area contributed by atoms with Crippen molar-refractivity contribution in [1.29, 1.82) is 0 Å². The Morgan fingerprint density at radius 1 is 1.16 bits per heavy atom. The van der Waals surface area contributed by atoms with Crippen molar-refractivity contribution < 1.29 is 19.7 Å². The highest BCUT2D eigenvalue weighted by Gasteiger charge is 2.21. The fourth-order valence-corrected chi connectivity index (χ4v) is 2.62. The summed E-state index contributed by atoms with van der Waals surface area (Å²) >= 11 is 0. The van der Waals surface area contributed by atoms with Crippen LogP contribution >= 0.6 is 0 Å². The van der Waals surface area contributed by atoms with E-state index in [1.54, 1.807) is 39.0 Å². The standard InChI is InChI=1S/C19H26N2O4/c1-19(2,3)25-18(24)21-11-10-16(22)17(23)14-8-4-7-13-12(14)6-5-9-15(13)20/h4-9,16-17,22-23H,10-11,20H2,1-3H3,(H,21,24). The van der Waals surface area contributed by atoms with Crippen molar-refractivity contribution in [3.63, 3.8) is 0 Å². The summed E-state index contributed by atoms with van der Waals surface area (Å²) in [7, 11) is 0. The van der Waals surface area contributed by atoms with Gasteiger partial charge in [0.1, 0.15) is 11.7 Å². The average molecular weight is 346 g/mol. The van der Waals surface area contributed by atoms with E-state index in [4.69, 9.17) is 10.5 Å². The molecule has 0 heterocycles. The molecule has 0 fully saturated rings. The van der Waals surface area contributed by atoms with Gasteiger partial charge in [0.15, 0.2) is 0 Å². The van der Waals surface area contributed by atoms with E-state index < -0.39 is 23.9 Å². The Balaban J connectivity index is 2.00. The van der Waals surface area contributed by atoms with E-state index in [0.717, 1.165) is 10.8 Å². The molecule has 0 radical (unpaired) electrons. The van der Waals surface area contributed by atoms with Gasteiger partial charge < -0.3 is 26.0 Å². The number of hydrogen-bond acceptors (Lipinski definition) is 5. The number of carbonyl (C=O) groups is 1. The number of amides is 1. The van der Waals surface area contributed by atoms with Gasteiger partial charge in [0.25, 0.3) is 0 Å². The first kappa shape index (κ1) is 19.0. The molecule has 1 amide bonds. The monoisotopic (exact) mass is 346 g/mol. The predicted molar refractivity (Wildman–Crippen MR) is 98.2 cm³/mol. The molecule has 2 aromatic carbocycles. The largest absolute Gasteiger partial charge is 0.444 e. The Morgan fingerprint density at radius 3 is 2.48 bits per heavy atom. The first-order valence-electron chi connectivity index (χ1n) is 8.29. The van der Waals surface area contributed by atoms with E-state index in [1.807, 2.05) is 18.2 Å². The molecule has 0 aliphatic heterocycles. The third-order valence-corrected chi connectivity index (χ3v) is 3.78. The van der Waals surface area contributed by atoms with Crippen molar-refractivity contribution in [2.75, 3.05) is 12.3 Å². The molecule has 0 spiro atoms. The molecule has 0 aliphatic carbocycles. The summed E-state index contributed by atoms with van der Waals surface area (Å²) in [6.07, 6.45) is -2.46. The zero-order chi connectivity index (χ0) is 18.6. The van der Waals surface area contributed by atoms with Gasteiger partial charge in [-0.1, -0.05) is 30.3 Å². The number of aliphatic hydroxyl groups excluding tert-OH is 2. The fraction of sp³-hybridized carbons (Fsp3) is 0.421. The van der Waals surface area contributed by atoms with Crippen molar-refractivity contribution in [2.45, 2.75) is 45.0 Å². The molecule has 5 N–H and O–H groups in total. The number of ether oxygens (including phenoxy) is 1. The lowest BCUT2D eigenvalue weighted by Crippen LogP contribution is -2.34. The number of alkyl carbamates (subject to hydrolysis) is 1. The molecule has 0 saturated heterocycles. The molecule has 136 valence electrons. The summed E-state index contributed by atoms with van der Waals surface area (Å²) in [6, 6.07) is 10.9. The molecule has 0 aliphatic rings. The number of anilines is 1. The van der Waals surface area contributed by atoms with Gasteiger partial charge in [0, 0.05) is 17.6 Å². The van der Waals surface area contributed by atoms with Crippen LogP contribution in [0.3, 0.4) is 0 Å². The molecule has 25 heavy (non-hydrogen) atoms. The molecule has 2 atom stereocenters. The van der Waals surface area contributed by atoms with E-state index in [0.29, 0.717) is 11.3 Å². The topological polar surface area (TPSA) is 105 Å².